The molecule has 9 heteroatoms. The molecule has 0 unspecified atom stereocenters. The Morgan fingerprint density at radius 1 is 0.971 bits per heavy atom. The third kappa shape index (κ3) is 4.66. The smallest absolute Gasteiger partial charge is 0.281 e. The van der Waals surface area contributed by atoms with Crippen LogP contribution in [-0.2, 0) is 4.79 Å². The normalized spacial score (nSPS) is 14.5. The predicted molar refractivity (Wildman–Crippen MR) is 143 cm³/mol. The summed E-state index contributed by atoms with van der Waals surface area (Å²) in [7, 11) is 1.62. The molecular weight excluding hydrogens is 503 g/mol. The first-order valence-electron chi connectivity index (χ1n) is 10.6. The molecule has 0 bridgehead atoms. The maximum Gasteiger partial charge on any atom is 0.281 e. The Hall–Kier alpha value is -3.65. The number of carbonyl (C=O) groups excluding carboxylic acids is 1. The lowest BCUT2D eigenvalue weighted by Crippen LogP contribution is -2.30. The molecule has 6 nitrogen and oxygen atoms in total. The number of amides is 1. The number of hydrogen-bond donors (Lipinski definition) is 1. The van der Waals surface area contributed by atoms with Gasteiger partial charge in [-0.25, -0.2) is 4.68 Å². The molecule has 5 rings (SSSR count). The summed E-state index contributed by atoms with van der Waals surface area (Å²) in [5.41, 5.74) is 3.98. The molecule has 4 aromatic rings. The number of halogens is 2. The van der Waals surface area contributed by atoms with E-state index in [9.17, 15) is 4.79 Å². The summed E-state index contributed by atoms with van der Waals surface area (Å²) >= 11 is 17.8. The standard InChI is InChI=1S/C26H18Cl2N4O2S/c1-34-22-10-8-16(9-11-22)24-17(15-31(30-24)20-6-2-4-18(27)13-20)12-23-25(33)32(26(35)29-23)21-7-3-5-19(28)14-21/h2-15H,1H3,(H,29,35)/b23-12-. The minimum atomic E-state index is -0.284. The van der Waals surface area contributed by atoms with E-state index in [4.69, 9.17) is 45.3 Å². The first-order chi connectivity index (χ1) is 16.9. The molecule has 0 aliphatic carbocycles. The molecule has 174 valence electrons. The molecule has 2 heterocycles. The fraction of sp³-hybridized carbons (Fsp3) is 0.0385. The van der Waals surface area contributed by atoms with Crippen molar-refractivity contribution in [3.63, 3.8) is 0 Å². The summed E-state index contributed by atoms with van der Waals surface area (Å²) in [6.07, 6.45) is 3.59. The highest BCUT2D eigenvalue weighted by Crippen LogP contribution is 2.30. The van der Waals surface area contributed by atoms with E-state index >= 15 is 0 Å². The molecule has 1 fully saturated rings. The van der Waals surface area contributed by atoms with Crippen molar-refractivity contribution in [1.29, 1.82) is 0 Å². The highest BCUT2D eigenvalue weighted by atomic mass is 35.5. The lowest BCUT2D eigenvalue weighted by Gasteiger charge is -2.13. The van der Waals surface area contributed by atoms with Crippen LogP contribution in [0.1, 0.15) is 5.56 Å². The van der Waals surface area contributed by atoms with Gasteiger partial charge in [-0.05, 0) is 79.0 Å². The van der Waals surface area contributed by atoms with E-state index in [1.807, 2.05) is 48.7 Å². The van der Waals surface area contributed by atoms with Crippen LogP contribution in [0.3, 0.4) is 0 Å². The zero-order valence-electron chi connectivity index (χ0n) is 18.4. The second-order valence-electron chi connectivity index (χ2n) is 7.69. The van der Waals surface area contributed by atoms with E-state index in [-0.39, 0.29) is 11.0 Å². The van der Waals surface area contributed by atoms with Gasteiger partial charge in [0.1, 0.15) is 17.1 Å². The molecule has 35 heavy (non-hydrogen) atoms. The van der Waals surface area contributed by atoms with E-state index in [0.717, 1.165) is 22.6 Å². The van der Waals surface area contributed by atoms with Crippen LogP contribution >= 0.6 is 35.4 Å². The van der Waals surface area contributed by atoms with Crippen LogP contribution < -0.4 is 15.0 Å². The fourth-order valence-corrected chi connectivity index (χ4v) is 4.42. The molecule has 1 aromatic heterocycles. The van der Waals surface area contributed by atoms with E-state index in [0.29, 0.717) is 27.1 Å². The van der Waals surface area contributed by atoms with Gasteiger partial charge in [0.15, 0.2) is 5.11 Å². The van der Waals surface area contributed by atoms with Gasteiger partial charge in [0.05, 0.1) is 18.5 Å². The predicted octanol–water partition coefficient (Wildman–Crippen LogP) is 6.12. The number of hydrogen-bond acceptors (Lipinski definition) is 4. The van der Waals surface area contributed by atoms with Gasteiger partial charge in [0.25, 0.3) is 5.91 Å². The van der Waals surface area contributed by atoms with Crippen molar-refractivity contribution in [3.8, 4) is 22.7 Å². The molecular formula is C26H18Cl2N4O2S. The maximum absolute atomic E-state index is 13.3. The highest BCUT2D eigenvalue weighted by Gasteiger charge is 2.32. The van der Waals surface area contributed by atoms with Crippen LogP contribution in [0.2, 0.25) is 10.0 Å². The number of anilines is 1. The topological polar surface area (TPSA) is 59.4 Å². The maximum atomic E-state index is 13.3. The summed E-state index contributed by atoms with van der Waals surface area (Å²) in [5, 5.41) is 9.20. The summed E-state index contributed by atoms with van der Waals surface area (Å²) in [6.45, 7) is 0. The van der Waals surface area contributed by atoms with Gasteiger partial charge < -0.3 is 10.1 Å². The monoisotopic (exact) mass is 520 g/mol. The van der Waals surface area contributed by atoms with Crippen molar-refractivity contribution < 1.29 is 9.53 Å². The summed E-state index contributed by atoms with van der Waals surface area (Å²) in [6, 6.07) is 21.9. The van der Waals surface area contributed by atoms with Crippen LogP contribution in [0.25, 0.3) is 23.0 Å². The summed E-state index contributed by atoms with van der Waals surface area (Å²) in [4.78, 5) is 14.7. The van der Waals surface area contributed by atoms with E-state index in [1.54, 1.807) is 48.2 Å². The van der Waals surface area contributed by atoms with Gasteiger partial charge in [0.2, 0.25) is 0 Å². The average molecular weight is 521 g/mol. The molecule has 1 amide bonds. The molecule has 3 aromatic carbocycles. The quantitative estimate of drug-likeness (QED) is 0.254. The largest absolute Gasteiger partial charge is 0.497 e. The number of nitrogens with one attached hydrogen (secondary N) is 1. The highest BCUT2D eigenvalue weighted by molar-refractivity contribution is 7.80. The van der Waals surface area contributed by atoms with Crippen molar-refractivity contribution in [2.24, 2.45) is 0 Å². The van der Waals surface area contributed by atoms with Crippen LogP contribution in [0.5, 0.6) is 5.75 Å². The third-order valence-corrected chi connectivity index (χ3v) is 6.18. The molecule has 1 saturated heterocycles. The van der Waals surface area contributed by atoms with Gasteiger partial charge in [-0.2, -0.15) is 5.10 Å². The molecule has 0 saturated carbocycles. The Bertz CT molecular complexity index is 1480. The van der Waals surface area contributed by atoms with Gasteiger partial charge >= 0.3 is 0 Å². The van der Waals surface area contributed by atoms with Crippen LogP contribution in [0.15, 0.2) is 84.7 Å². The van der Waals surface area contributed by atoms with Crippen LogP contribution in [0, 0.1) is 0 Å². The second kappa shape index (κ2) is 9.54. The van der Waals surface area contributed by atoms with Crippen molar-refractivity contribution in [2.75, 3.05) is 12.0 Å². The van der Waals surface area contributed by atoms with Gasteiger partial charge in [-0.1, -0.05) is 35.3 Å². The fourth-order valence-electron chi connectivity index (χ4n) is 3.76. The minimum Gasteiger partial charge on any atom is -0.497 e. The average Bonchev–Trinajstić information content (AvgIpc) is 3.39. The van der Waals surface area contributed by atoms with Crippen molar-refractivity contribution in [1.82, 2.24) is 15.1 Å². The third-order valence-electron chi connectivity index (χ3n) is 5.42. The summed E-state index contributed by atoms with van der Waals surface area (Å²) in [5.74, 6) is 0.450. The lowest BCUT2D eigenvalue weighted by atomic mass is 10.1. The number of rotatable bonds is 5. The first-order valence-corrected chi connectivity index (χ1v) is 11.7. The SMILES string of the molecule is COc1ccc(-c2nn(-c3cccc(Cl)c3)cc2/C=C2\NC(=S)N(c3cccc(Cl)c3)C2=O)cc1. The van der Waals surface area contributed by atoms with Crippen LogP contribution in [0.4, 0.5) is 5.69 Å². The number of methoxy groups -OCH3 is 1. The number of ether oxygens (including phenoxy) is 1. The molecule has 1 aliphatic rings. The summed E-state index contributed by atoms with van der Waals surface area (Å²) < 4.78 is 7.01. The number of thiocarbonyl (C=S) groups is 1. The van der Waals surface area contributed by atoms with Crippen molar-refractivity contribution in [2.45, 2.75) is 0 Å². The molecule has 0 spiro atoms. The Balaban J connectivity index is 1.58. The van der Waals surface area contributed by atoms with Gasteiger partial charge in [-0.3, -0.25) is 9.69 Å². The number of aromatic nitrogens is 2. The van der Waals surface area contributed by atoms with Gasteiger partial charge in [-0.15, -0.1) is 0 Å². The molecule has 1 aliphatic heterocycles. The Morgan fingerprint density at radius 3 is 2.29 bits per heavy atom. The Morgan fingerprint density at radius 2 is 1.63 bits per heavy atom. The van der Waals surface area contributed by atoms with Gasteiger partial charge in [0, 0.05) is 27.4 Å². The Kier molecular flexibility index (Phi) is 6.30. The van der Waals surface area contributed by atoms with E-state index in [1.165, 1.54) is 4.90 Å². The molecule has 0 radical (unpaired) electrons. The second-order valence-corrected chi connectivity index (χ2v) is 8.95. The number of benzene rings is 3. The van der Waals surface area contributed by atoms with Crippen LogP contribution in [-0.4, -0.2) is 27.9 Å². The zero-order valence-corrected chi connectivity index (χ0v) is 20.7. The Labute approximate surface area is 217 Å². The molecule has 1 N–H and O–H groups in total. The lowest BCUT2D eigenvalue weighted by molar-refractivity contribution is -0.113. The zero-order chi connectivity index (χ0) is 24.5. The van der Waals surface area contributed by atoms with E-state index in [2.05, 4.69) is 5.32 Å². The number of carbonyl (C=O) groups is 1. The minimum absolute atomic E-state index is 0.275. The van der Waals surface area contributed by atoms with E-state index < -0.39 is 0 Å². The first kappa shape index (κ1) is 23.1. The number of nitrogens with zero attached hydrogens (tertiary/aromatic N) is 3. The molecule has 0 atom stereocenters. The van der Waals surface area contributed by atoms with Crippen molar-refractivity contribution >= 4 is 58.2 Å². The van der Waals surface area contributed by atoms with Crippen molar-refractivity contribution in [3.05, 3.63) is 100 Å².